The van der Waals surface area contributed by atoms with Crippen LogP contribution in [-0.2, 0) is 20.7 Å². The van der Waals surface area contributed by atoms with Gasteiger partial charge in [0.15, 0.2) is 0 Å². The quantitative estimate of drug-likeness (QED) is 0.203. The Balaban J connectivity index is 2.08. The molecule has 2 atom stereocenters. The molecule has 3 rings (SSSR count). The molecular formula is C36H47N3O4. The Morgan fingerprint density at radius 2 is 1.44 bits per heavy atom. The lowest BCUT2D eigenvalue weighted by Crippen LogP contribution is -2.53. The van der Waals surface area contributed by atoms with Crippen LogP contribution in [0.4, 0.5) is 10.5 Å². The van der Waals surface area contributed by atoms with E-state index in [9.17, 15) is 14.4 Å². The monoisotopic (exact) mass is 585 g/mol. The zero-order valence-corrected chi connectivity index (χ0v) is 26.5. The fourth-order valence-electron chi connectivity index (χ4n) is 5.03. The first kappa shape index (κ1) is 33.4. The Bertz CT molecular complexity index is 1350. The van der Waals surface area contributed by atoms with Crippen LogP contribution in [0.3, 0.4) is 0 Å². The van der Waals surface area contributed by atoms with Crippen molar-refractivity contribution in [3.63, 3.8) is 0 Å². The van der Waals surface area contributed by atoms with Crippen LogP contribution >= 0.6 is 0 Å². The third-order valence-corrected chi connectivity index (χ3v) is 7.25. The summed E-state index contributed by atoms with van der Waals surface area (Å²) in [5, 5.41) is 5.93. The van der Waals surface area contributed by atoms with Crippen molar-refractivity contribution < 1.29 is 19.1 Å². The highest BCUT2D eigenvalue weighted by Gasteiger charge is 2.37. The molecule has 0 radical (unpaired) electrons. The number of unbranched alkanes of at least 4 members (excludes halogenated alkanes) is 3. The van der Waals surface area contributed by atoms with E-state index in [1.165, 1.54) is 0 Å². The van der Waals surface area contributed by atoms with Crippen LogP contribution in [0.2, 0.25) is 0 Å². The highest BCUT2D eigenvalue weighted by atomic mass is 16.6. The van der Waals surface area contributed by atoms with Crippen molar-refractivity contribution in [3.05, 3.63) is 101 Å². The van der Waals surface area contributed by atoms with Gasteiger partial charge >= 0.3 is 6.09 Å². The summed E-state index contributed by atoms with van der Waals surface area (Å²) in [4.78, 5) is 43.5. The Morgan fingerprint density at radius 1 is 0.814 bits per heavy atom. The molecule has 0 aliphatic carbocycles. The van der Waals surface area contributed by atoms with Gasteiger partial charge in [0.05, 0.1) is 0 Å². The lowest BCUT2D eigenvalue weighted by atomic mass is 9.96. The molecule has 7 heteroatoms. The highest BCUT2D eigenvalue weighted by molar-refractivity contribution is 5.99. The minimum absolute atomic E-state index is 0.254. The predicted octanol–water partition coefficient (Wildman–Crippen LogP) is 7.53. The van der Waals surface area contributed by atoms with Gasteiger partial charge in [0.2, 0.25) is 5.91 Å². The van der Waals surface area contributed by atoms with Gasteiger partial charge in [-0.25, -0.2) is 4.79 Å². The number of carbonyl (C=O) groups excluding carboxylic acids is 3. The number of nitrogens with one attached hydrogen (secondary N) is 2. The van der Waals surface area contributed by atoms with Gasteiger partial charge in [0.25, 0.3) is 5.91 Å². The number of hydrogen-bond donors (Lipinski definition) is 2. The van der Waals surface area contributed by atoms with Crippen molar-refractivity contribution in [2.45, 2.75) is 91.3 Å². The molecule has 0 aliphatic heterocycles. The van der Waals surface area contributed by atoms with Crippen LogP contribution in [0, 0.1) is 13.8 Å². The Morgan fingerprint density at radius 3 is 2.07 bits per heavy atom. The van der Waals surface area contributed by atoms with Crippen molar-refractivity contribution in [2.24, 2.45) is 0 Å². The van der Waals surface area contributed by atoms with Gasteiger partial charge in [-0.2, -0.15) is 0 Å². The van der Waals surface area contributed by atoms with E-state index in [-0.39, 0.29) is 18.2 Å². The summed E-state index contributed by atoms with van der Waals surface area (Å²) in [6.07, 6.45) is 3.29. The molecule has 230 valence electrons. The molecule has 0 aromatic heterocycles. The topological polar surface area (TPSA) is 87.7 Å². The summed E-state index contributed by atoms with van der Waals surface area (Å²) in [5.74, 6) is -0.637. The summed E-state index contributed by atoms with van der Waals surface area (Å²) in [6, 6.07) is 23.0. The SMILES string of the molecule is CCCCCCN(C(=O)C(Cc1ccccc1)NC(=O)OC(C)(C)C)C(C(=O)Nc1ccccc1C)c1ccccc1C. The zero-order valence-electron chi connectivity index (χ0n) is 26.5. The average Bonchev–Trinajstić information content (AvgIpc) is 2.95. The number of nitrogens with zero attached hydrogens (tertiary/aromatic N) is 1. The third-order valence-electron chi connectivity index (χ3n) is 7.25. The number of para-hydroxylation sites is 1. The van der Waals surface area contributed by atoms with Crippen molar-refractivity contribution in [1.82, 2.24) is 10.2 Å². The summed E-state index contributed by atoms with van der Waals surface area (Å²) in [7, 11) is 0. The molecule has 0 fully saturated rings. The van der Waals surface area contributed by atoms with Gasteiger partial charge in [0, 0.05) is 18.7 Å². The molecule has 2 N–H and O–H groups in total. The molecule has 3 aromatic rings. The van der Waals surface area contributed by atoms with Gasteiger partial charge in [-0.3, -0.25) is 9.59 Å². The summed E-state index contributed by atoms with van der Waals surface area (Å²) in [5.41, 5.74) is 3.42. The maximum atomic E-state index is 14.6. The van der Waals surface area contributed by atoms with Gasteiger partial charge in [-0.15, -0.1) is 0 Å². The molecule has 7 nitrogen and oxygen atoms in total. The van der Waals surface area contributed by atoms with E-state index < -0.39 is 23.8 Å². The minimum Gasteiger partial charge on any atom is -0.444 e. The molecule has 0 heterocycles. The van der Waals surface area contributed by atoms with E-state index in [0.717, 1.165) is 47.9 Å². The van der Waals surface area contributed by atoms with Gasteiger partial charge in [-0.05, 0) is 69.4 Å². The van der Waals surface area contributed by atoms with E-state index in [0.29, 0.717) is 12.2 Å². The Labute approximate surface area is 257 Å². The number of anilines is 1. The van der Waals surface area contributed by atoms with Gasteiger partial charge < -0.3 is 20.3 Å². The lowest BCUT2D eigenvalue weighted by molar-refractivity contribution is -0.140. The first-order valence-corrected chi connectivity index (χ1v) is 15.3. The van der Waals surface area contributed by atoms with Crippen LogP contribution in [0.5, 0.6) is 0 Å². The third kappa shape index (κ3) is 10.3. The summed E-state index contributed by atoms with van der Waals surface area (Å²) < 4.78 is 5.55. The van der Waals surface area contributed by atoms with Gasteiger partial charge in [-0.1, -0.05) is 99.0 Å². The molecule has 3 aromatic carbocycles. The second-order valence-electron chi connectivity index (χ2n) is 12.0. The summed E-state index contributed by atoms with van der Waals surface area (Å²) in [6.45, 7) is 11.7. The highest BCUT2D eigenvalue weighted by Crippen LogP contribution is 2.28. The van der Waals surface area contributed by atoms with Crippen LogP contribution < -0.4 is 10.6 Å². The van der Waals surface area contributed by atoms with Crippen molar-refractivity contribution >= 4 is 23.6 Å². The average molecular weight is 586 g/mol. The molecular weight excluding hydrogens is 538 g/mol. The van der Waals surface area contributed by atoms with Crippen LogP contribution in [0.1, 0.15) is 81.7 Å². The molecule has 0 saturated heterocycles. The normalized spacial score (nSPS) is 12.6. The first-order valence-electron chi connectivity index (χ1n) is 15.3. The van der Waals surface area contributed by atoms with E-state index in [4.69, 9.17) is 4.74 Å². The van der Waals surface area contributed by atoms with Crippen LogP contribution in [0.15, 0.2) is 78.9 Å². The molecule has 0 spiro atoms. The molecule has 0 saturated carbocycles. The number of hydrogen-bond acceptors (Lipinski definition) is 4. The molecule has 43 heavy (non-hydrogen) atoms. The number of amides is 3. The second-order valence-corrected chi connectivity index (χ2v) is 12.0. The lowest BCUT2D eigenvalue weighted by Gasteiger charge is -2.35. The Kier molecular flexibility index (Phi) is 12.4. The minimum atomic E-state index is -0.943. The number of carbonyl (C=O) groups is 3. The number of rotatable bonds is 13. The van der Waals surface area contributed by atoms with E-state index >= 15 is 0 Å². The number of benzene rings is 3. The van der Waals surface area contributed by atoms with E-state index in [2.05, 4.69) is 17.6 Å². The fourth-order valence-corrected chi connectivity index (χ4v) is 5.03. The van der Waals surface area contributed by atoms with E-state index in [1.807, 2.05) is 92.7 Å². The summed E-state index contributed by atoms with van der Waals surface area (Å²) >= 11 is 0. The maximum Gasteiger partial charge on any atom is 0.408 e. The number of ether oxygens (including phenoxy) is 1. The van der Waals surface area contributed by atoms with E-state index in [1.54, 1.807) is 25.7 Å². The zero-order chi connectivity index (χ0) is 31.4. The number of aryl methyl sites for hydroxylation is 2. The van der Waals surface area contributed by atoms with Crippen molar-refractivity contribution in [1.29, 1.82) is 0 Å². The van der Waals surface area contributed by atoms with Gasteiger partial charge in [0.1, 0.15) is 17.7 Å². The number of alkyl carbamates (subject to hydrolysis) is 1. The molecule has 2 unspecified atom stereocenters. The molecule has 0 aliphatic rings. The first-order chi connectivity index (χ1) is 20.5. The largest absolute Gasteiger partial charge is 0.444 e. The van der Waals surface area contributed by atoms with Crippen molar-refractivity contribution in [3.8, 4) is 0 Å². The maximum absolute atomic E-state index is 14.6. The molecule has 3 amide bonds. The Hall–Kier alpha value is -4.13. The fraction of sp³-hybridized carbons (Fsp3) is 0.417. The molecule has 0 bridgehead atoms. The van der Waals surface area contributed by atoms with Crippen LogP contribution in [-0.4, -0.2) is 41.0 Å². The van der Waals surface area contributed by atoms with Crippen LogP contribution in [0.25, 0.3) is 0 Å². The standard InChI is InChI=1S/C36H47N3O4/c1-7-8-9-17-24-39(34(41)31(25-28-20-11-10-12-21-28)38-35(42)43-36(4,5)6)32(29-22-15-13-18-26(29)2)33(40)37-30-23-16-14-19-27(30)3/h10-16,18-23,31-32H,7-9,17,24-25H2,1-6H3,(H,37,40)(H,38,42). The van der Waals surface area contributed by atoms with Crippen molar-refractivity contribution in [2.75, 3.05) is 11.9 Å². The second kappa shape index (κ2) is 15.9. The smallest absolute Gasteiger partial charge is 0.408 e. The predicted molar refractivity (Wildman–Crippen MR) is 173 cm³/mol.